The van der Waals surface area contributed by atoms with E-state index in [-0.39, 0.29) is 22.6 Å². The fraction of sp³-hybridized carbons (Fsp3) is 0.200. The summed E-state index contributed by atoms with van der Waals surface area (Å²) >= 11 is 0. The number of carbonyl (C=O) groups excluding carboxylic acids is 4. The Hall–Kier alpha value is -7.62. The van der Waals surface area contributed by atoms with Gasteiger partial charge in [0.15, 0.2) is 12.2 Å². The van der Waals surface area contributed by atoms with Gasteiger partial charge in [0, 0.05) is 0 Å². The third kappa shape index (κ3) is 13.2. The molecule has 0 spiro atoms. The quantitative estimate of drug-likeness (QED) is 0.0666. The van der Waals surface area contributed by atoms with Crippen molar-refractivity contribution in [3.05, 3.63) is 167 Å². The Bertz CT molecular complexity index is 2640. The van der Waals surface area contributed by atoms with Gasteiger partial charge in [0.1, 0.15) is 23.0 Å². The number of hydrogen-bond donors (Lipinski definition) is 0. The fourth-order valence-electron chi connectivity index (χ4n) is 5.90. The molecular formula is C50H42F6O10. The van der Waals surface area contributed by atoms with E-state index >= 15 is 0 Å². The van der Waals surface area contributed by atoms with E-state index in [1.165, 1.54) is 43.3 Å². The summed E-state index contributed by atoms with van der Waals surface area (Å²) in [5, 5.41) is 0. The summed E-state index contributed by atoms with van der Waals surface area (Å²) in [5.41, 5.74) is 4.93. The summed E-state index contributed by atoms with van der Waals surface area (Å²) in [4.78, 5) is 49.0. The first-order valence-electron chi connectivity index (χ1n) is 19.9. The van der Waals surface area contributed by atoms with Gasteiger partial charge in [0.2, 0.25) is 0 Å². The lowest BCUT2D eigenvalue weighted by molar-refractivity contribution is -0.198. The van der Waals surface area contributed by atoms with Gasteiger partial charge in [-0.25, -0.2) is 19.2 Å². The SMILES string of the molecule is COc1ccc(-c2ccc(C(=O)Oc3ccc(C(=O)OC(C)C(F)(F)F)c(C)c3)cc2)cc1.COc1ccc(-c2ccc(C(=O)Oc3ccc(C(=O)OC(C)C(F)(F)F)cc3C)cc2)cc1. The number of hydrogen-bond acceptors (Lipinski definition) is 10. The maximum absolute atomic E-state index is 12.6. The zero-order chi connectivity index (χ0) is 48.3. The lowest BCUT2D eigenvalue weighted by atomic mass is 10.0. The number of methoxy groups -OCH3 is 2. The molecule has 6 aromatic carbocycles. The fourth-order valence-corrected chi connectivity index (χ4v) is 5.90. The Morgan fingerprint density at radius 3 is 1.20 bits per heavy atom. The highest BCUT2D eigenvalue weighted by molar-refractivity contribution is 5.94. The lowest BCUT2D eigenvalue weighted by Crippen LogP contribution is -2.31. The molecule has 2 atom stereocenters. The van der Waals surface area contributed by atoms with Crippen molar-refractivity contribution in [1.82, 2.24) is 0 Å². The molecule has 0 aliphatic rings. The second kappa shape index (κ2) is 21.4. The second-order valence-corrected chi connectivity index (χ2v) is 14.5. The van der Waals surface area contributed by atoms with Crippen LogP contribution in [0.5, 0.6) is 23.0 Å². The molecule has 0 aromatic heterocycles. The Balaban J connectivity index is 0.000000247. The number of esters is 4. The summed E-state index contributed by atoms with van der Waals surface area (Å²) in [6.07, 6.45) is -13.8. The van der Waals surface area contributed by atoms with E-state index in [1.807, 2.05) is 48.5 Å². The van der Waals surface area contributed by atoms with Crippen LogP contribution in [0.4, 0.5) is 26.3 Å². The smallest absolute Gasteiger partial charge is 0.425 e. The summed E-state index contributed by atoms with van der Waals surface area (Å²) in [7, 11) is 3.18. The third-order valence-corrected chi connectivity index (χ3v) is 9.82. The number of alkyl halides is 6. The molecule has 0 bridgehead atoms. The van der Waals surface area contributed by atoms with Gasteiger partial charge in [-0.2, -0.15) is 26.3 Å². The van der Waals surface area contributed by atoms with Crippen LogP contribution in [-0.4, -0.2) is 62.7 Å². The molecule has 0 fully saturated rings. The molecule has 6 rings (SSSR count). The average molecular weight is 917 g/mol. The molecule has 0 saturated heterocycles. The van der Waals surface area contributed by atoms with E-state index < -0.39 is 48.4 Å². The minimum absolute atomic E-state index is 0.0465. The summed E-state index contributed by atoms with van der Waals surface area (Å²) in [5.74, 6) is -1.64. The highest BCUT2D eigenvalue weighted by Crippen LogP contribution is 2.29. The molecule has 0 saturated carbocycles. The van der Waals surface area contributed by atoms with Crippen LogP contribution in [0.2, 0.25) is 0 Å². The molecule has 16 heteroatoms. The van der Waals surface area contributed by atoms with Crippen LogP contribution in [0.1, 0.15) is 66.4 Å². The monoisotopic (exact) mass is 916 g/mol. The number of carbonyl (C=O) groups is 4. The zero-order valence-corrected chi connectivity index (χ0v) is 36.2. The molecule has 0 aliphatic heterocycles. The van der Waals surface area contributed by atoms with E-state index in [9.17, 15) is 45.5 Å². The van der Waals surface area contributed by atoms with Crippen molar-refractivity contribution in [2.24, 2.45) is 0 Å². The first-order chi connectivity index (χ1) is 31.2. The van der Waals surface area contributed by atoms with Crippen molar-refractivity contribution in [2.75, 3.05) is 14.2 Å². The Morgan fingerprint density at radius 2 is 0.803 bits per heavy atom. The van der Waals surface area contributed by atoms with E-state index in [0.29, 0.717) is 22.3 Å². The normalized spacial score (nSPS) is 12.1. The minimum atomic E-state index is -4.65. The van der Waals surface area contributed by atoms with Crippen LogP contribution in [0.25, 0.3) is 22.3 Å². The van der Waals surface area contributed by atoms with Crippen molar-refractivity contribution in [3.63, 3.8) is 0 Å². The first-order valence-corrected chi connectivity index (χ1v) is 19.9. The molecule has 10 nitrogen and oxygen atoms in total. The summed E-state index contributed by atoms with van der Waals surface area (Å²) in [6, 6.07) is 36.4. The first kappa shape index (κ1) is 49.4. The van der Waals surface area contributed by atoms with Gasteiger partial charge in [0.05, 0.1) is 36.5 Å². The highest BCUT2D eigenvalue weighted by atomic mass is 19.4. The van der Waals surface area contributed by atoms with E-state index in [2.05, 4.69) is 9.47 Å². The van der Waals surface area contributed by atoms with Crippen molar-refractivity contribution >= 4 is 23.9 Å². The standard InChI is InChI=1S/2C25H21F3O5/c1-15-14-20(24(30)32-16(2)25(26,27)28)10-13-22(15)33-23(29)19-6-4-17(5-7-19)18-8-11-21(31-3)12-9-18;1-15-14-21(12-13-22(15)24(30)32-16(2)25(26,27)28)33-23(29)19-6-4-17(5-7-19)18-8-10-20(31-3)11-9-18/h2*4-14,16H,1-3H3. The molecule has 0 aliphatic carbocycles. The van der Waals surface area contributed by atoms with Gasteiger partial charge < -0.3 is 28.4 Å². The van der Waals surface area contributed by atoms with E-state index in [1.54, 1.807) is 69.7 Å². The van der Waals surface area contributed by atoms with Gasteiger partial charge in [-0.1, -0.05) is 48.5 Å². The highest BCUT2D eigenvalue weighted by Gasteiger charge is 2.40. The predicted octanol–water partition coefficient (Wildman–Crippen LogP) is 12.0. The van der Waals surface area contributed by atoms with Gasteiger partial charge in [-0.3, -0.25) is 0 Å². The molecule has 2 unspecified atom stereocenters. The molecule has 0 amide bonds. The van der Waals surface area contributed by atoms with E-state index in [0.717, 1.165) is 47.6 Å². The number of ether oxygens (including phenoxy) is 6. The molecule has 0 heterocycles. The minimum Gasteiger partial charge on any atom is -0.497 e. The summed E-state index contributed by atoms with van der Waals surface area (Å²) in [6.45, 7) is 4.58. The van der Waals surface area contributed by atoms with Crippen molar-refractivity contribution in [1.29, 1.82) is 0 Å². The Labute approximate surface area is 375 Å². The second-order valence-electron chi connectivity index (χ2n) is 14.5. The van der Waals surface area contributed by atoms with Crippen LogP contribution in [0.3, 0.4) is 0 Å². The maximum atomic E-state index is 12.6. The van der Waals surface area contributed by atoms with Crippen LogP contribution in [0.15, 0.2) is 133 Å². The maximum Gasteiger partial charge on any atom is 0.425 e. The van der Waals surface area contributed by atoms with Crippen molar-refractivity contribution in [3.8, 4) is 45.3 Å². The topological polar surface area (TPSA) is 124 Å². The van der Waals surface area contributed by atoms with Crippen LogP contribution < -0.4 is 18.9 Å². The zero-order valence-electron chi connectivity index (χ0n) is 36.2. The number of halogens is 6. The molecule has 0 radical (unpaired) electrons. The van der Waals surface area contributed by atoms with Crippen molar-refractivity contribution in [2.45, 2.75) is 52.3 Å². The van der Waals surface area contributed by atoms with Crippen LogP contribution in [-0.2, 0) is 9.47 Å². The van der Waals surface area contributed by atoms with Crippen LogP contribution in [0, 0.1) is 13.8 Å². The molecular weight excluding hydrogens is 875 g/mol. The Kier molecular flexibility index (Phi) is 16.0. The van der Waals surface area contributed by atoms with Gasteiger partial charge in [0.25, 0.3) is 0 Å². The lowest BCUT2D eigenvalue weighted by Gasteiger charge is -2.17. The van der Waals surface area contributed by atoms with Gasteiger partial charge in [-0.05, 0) is 146 Å². The van der Waals surface area contributed by atoms with Gasteiger partial charge in [-0.15, -0.1) is 0 Å². The molecule has 344 valence electrons. The Morgan fingerprint density at radius 1 is 0.424 bits per heavy atom. The van der Waals surface area contributed by atoms with E-state index in [4.69, 9.17) is 18.9 Å². The molecule has 0 N–H and O–H groups in total. The number of benzene rings is 6. The van der Waals surface area contributed by atoms with Gasteiger partial charge >= 0.3 is 36.2 Å². The molecule has 6 aromatic rings. The predicted molar refractivity (Wildman–Crippen MR) is 231 cm³/mol. The number of rotatable bonds is 12. The number of aryl methyl sites for hydroxylation is 2. The van der Waals surface area contributed by atoms with Crippen LogP contribution >= 0.6 is 0 Å². The third-order valence-electron chi connectivity index (χ3n) is 9.82. The average Bonchev–Trinajstić information content (AvgIpc) is 3.29. The molecule has 66 heavy (non-hydrogen) atoms. The van der Waals surface area contributed by atoms with Crippen molar-refractivity contribution < 1.29 is 73.9 Å². The largest absolute Gasteiger partial charge is 0.497 e. The summed E-state index contributed by atoms with van der Waals surface area (Å²) < 4.78 is 105.